The average Bonchev–Trinajstić information content (AvgIpc) is 3.37. The smallest absolute Gasteiger partial charge is 0.255 e. The average molecular weight is 431 g/mol. The van der Waals surface area contributed by atoms with E-state index in [0.29, 0.717) is 12.1 Å². The molecule has 0 atom stereocenters. The number of carbonyl (C=O) groups is 1. The lowest BCUT2D eigenvalue weighted by atomic mass is 10.1. The standard InChI is InChI=1S/C26H30N4O2/c31-26(27-18-20-6-5-7-21(16-20)19-29-12-14-32-15-13-29)23-17-22-8-1-2-9-24(22)28-25(23)30-10-3-4-11-30/h1-2,5-9,16-17H,3-4,10-15,18-19H2,(H,27,31). The minimum Gasteiger partial charge on any atom is -0.379 e. The molecule has 2 aliphatic rings. The largest absolute Gasteiger partial charge is 0.379 e. The summed E-state index contributed by atoms with van der Waals surface area (Å²) in [4.78, 5) is 22.8. The Bertz CT molecular complexity index is 1090. The molecule has 2 saturated heterocycles. The first-order chi connectivity index (χ1) is 15.8. The number of hydrogen-bond acceptors (Lipinski definition) is 5. The van der Waals surface area contributed by atoms with Gasteiger partial charge in [-0.25, -0.2) is 4.98 Å². The number of nitrogens with one attached hydrogen (secondary N) is 1. The summed E-state index contributed by atoms with van der Waals surface area (Å²) < 4.78 is 5.44. The fourth-order valence-corrected chi connectivity index (χ4v) is 4.58. The van der Waals surface area contributed by atoms with Crippen LogP contribution in [0.15, 0.2) is 54.6 Å². The molecule has 6 heteroatoms. The van der Waals surface area contributed by atoms with E-state index < -0.39 is 0 Å². The monoisotopic (exact) mass is 430 g/mol. The maximum Gasteiger partial charge on any atom is 0.255 e. The molecule has 0 bridgehead atoms. The summed E-state index contributed by atoms with van der Waals surface area (Å²) in [6.07, 6.45) is 2.29. The molecule has 1 aromatic heterocycles. The van der Waals surface area contributed by atoms with Gasteiger partial charge in [-0.3, -0.25) is 9.69 Å². The molecule has 0 radical (unpaired) electrons. The highest BCUT2D eigenvalue weighted by atomic mass is 16.5. The van der Waals surface area contributed by atoms with Gasteiger partial charge in [-0.1, -0.05) is 42.5 Å². The molecule has 0 unspecified atom stereocenters. The molecule has 0 spiro atoms. The summed E-state index contributed by atoms with van der Waals surface area (Å²) in [5, 5.41) is 4.13. The minimum absolute atomic E-state index is 0.0660. The Kier molecular flexibility index (Phi) is 6.32. The topological polar surface area (TPSA) is 57.7 Å². The number of rotatable bonds is 6. The number of morpholine rings is 1. The summed E-state index contributed by atoms with van der Waals surface area (Å²) in [5.74, 6) is 0.739. The third-order valence-electron chi connectivity index (χ3n) is 6.31. The quantitative estimate of drug-likeness (QED) is 0.648. The van der Waals surface area contributed by atoms with Crippen molar-refractivity contribution in [2.24, 2.45) is 0 Å². The lowest BCUT2D eigenvalue weighted by Gasteiger charge is -2.26. The number of ether oxygens (including phenoxy) is 1. The molecule has 0 saturated carbocycles. The van der Waals surface area contributed by atoms with Gasteiger partial charge in [0.1, 0.15) is 5.82 Å². The Labute approximate surface area is 189 Å². The Morgan fingerprint density at radius 3 is 2.56 bits per heavy atom. The van der Waals surface area contributed by atoms with E-state index in [0.717, 1.165) is 81.1 Å². The van der Waals surface area contributed by atoms with E-state index in [1.54, 1.807) is 0 Å². The Balaban J connectivity index is 1.31. The maximum absolute atomic E-state index is 13.2. The van der Waals surface area contributed by atoms with Crippen LogP contribution in [-0.2, 0) is 17.8 Å². The van der Waals surface area contributed by atoms with Crippen molar-refractivity contribution < 1.29 is 9.53 Å². The molecular weight excluding hydrogens is 400 g/mol. The normalized spacial score (nSPS) is 17.1. The SMILES string of the molecule is O=C(NCc1cccc(CN2CCOCC2)c1)c1cc2ccccc2nc1N1CCCC1. The second-order valence-corrected chi connectivity index (χ2v) is 8.64. The second-order valence-electron chi connectivity index (χ2n) is 8.64. The number of hydrogen-bond donors (Lipinski definition) is 1. The summed E-state index contributed by atoms with van der Waals surface area (Å²) >= 11 is 0. The van der Waals surface area contributed by atoms with E-state index in [4.69, 9.17) is 9.72 Å². The second kappa shape index (κ2) is 9.67. The van der Waals surface area contributed by atoms with E-state index in [-0.39, 0.29) is 5.91 Å². The molecule has 2 aromatic carbocycles. The van der Waals surface area contributed by atoms with Crippen LogP contribution in [0, 0.1) is 0 Å². The van der Waals surface area contributed by atoms with Gasteiger partial charge in [-0.2, -0.15) is 0 Å². The van der Waals surface area contributed by atoms with Crippen LogP contribution in [0.2, 0.25) is 0 Å². The Morgan fingerprint density at radius 2 is 1.72 bits per heavy atom. The van der Waals surface area contributed by atoms with Crippen LogP contribution >= 0.6 is 0 Å². The number of pyridine rings is 1. The zero-order valence-electron chi connectivity index (χ0n) is 18.4. The first-order valence-electron chi connectivity index (χ1n) is 11.6. The molecule has 1 N–H and O–H groups in total. The maximum atomic E-state index is 13.2. The van der Waals surface area contributed by atoms with E-state index in [9.17, 15) is 4.79 Å². The molecule has 1 amide bonds. The highest BCUT2D eigenvalue weighted by molar-refractivity contribution is 6.02. The van der Waals surface area contributed by atoms with Gasteiger partial charge in [0.25, 0.3) is 5.91 Å². The fourth-order valence-electron chi connectivity index (χ4n) is 4.58. The fraction of sp³-hybridized carbons (Fsp3) is 0.385. The molecule has 2 fully saturated rings. The van der Waals surface area contributed by atoms with Crippen molar-refractivity contribution in [3.05, 3.63) is 71.3 Å². The summed E-state index contributed by atoms with van der Waals surface area (Å²) in [5.41, 5.74) is 3.97. The van der Waals surface area contributed by atoms with Crippen LogP contribution < -0.4 is 10.2 Å². The molecule has 166 valence electrons. The van der Waals surface area contributed by atoms with Gasteiger partial charge in [0.2, 0.25) is 0 Å². The highest BCUT2D eigenvalue weighted by Crippen LogP contribution is 2.26. The molecular formula is C26H30N4O2. The van der Waals surface area contributed by atoms with Gasteiger partial charge in [-0.15, -0.1) is 0 Å². The summed E-state index contributed by atoms with van der Waals surface area (Å²) in [6.45, 7) is 6.86. The molecule has 2 aliphatic heterocycles. The number of anilines is 1. The number of aromatic nitrogens is 1. The highest BCUT2D eigenvalue weighted by Gasteiger charge is 2.22. The van der Waals surface area contributed by atoms with Gasteiger partial charge < -0.3 is 15.0 Å². The van der Waals surface area contributed by atoms with Crippen LogP contribution in [0.5, 0.6) is 0 Å². The number of amides is 1. The van der Waals surface area contributed by atoms with Crippen LogP contribution in [0.1, 0.15) is 34.3 Å². The van der Waals surface area contributed by atoms with Gasteiger partial charge in [0.05, 0.1) is 24.3 Å². The number of carbonyl (C=O) groups excluding carboxylic acids is 1. The van der Waals surface area contributed by atoms with Gasteiger partial charge in [0, 0.05) is 44.7 Å². The third kappa shape index (κ3) is 4.76. The van der Waals surface area contributed by atoms with Crippen LogP contribution in [0.3, 0.4) is 0 Å². The molecule has 0 aliphatic carbocycles. The summed E-state index contributed by atoms with van der Waals surface area (Å²) in [7, 11) is 0. The van der Waals surface area contributed by atoms with Crippen molar-refractivity contribution in [3.63, 3.8) is 0 Å². The van der Waals surface area contributed by atoms with Crippen molar-refractivity contribution in [1.82, 2.24) is 15.2 Å². The van der Waals surface area contributed by atoms with Gasteiger partial charge in [-0.05, 0) is 36.1 Å². The minimum atomic E-state index is -0.0660. The van der Waals surface area contributed by atoms with E-state index in [1.165, 1.54) is 5.56 Å². The number of nitrogens with zero attached hydrogens (tertiary/aromatic N) is 3. The van der Waals surface area contributed by atoms with Crippen molar-refractivity contribution in [1.29, 1.82) is 0 Å². The predicted octanol–water partition coefficient (Wildman–Crippen LogP) is 3.60. The zero-order chi connectivity index (χ0) is 21.8. The number of para-hydroxylation sites is 1. The van der Waals surface area contributed by atoms with Crippen LogP contribution in [0.25, 0.3) is 10.9 Å². The van der Waals surface area contributed by atoms with Crippen molar-refractivity contribution in [2.45, 2.75) is 25.9 Å². The van der Waals surface area contributed by atoms with Crippen molar-refractivity contribution in [2.75, 3.05) is 44.3 Å². The number of benzene rings is 2. The lowest BCUT2D eigenvalue weighted by Crippen LogP contribution is -2.35. The molecule has 32 heavy (non-hydrogen) atoms. The van der Waals surface area contributed by atoms with Crippen LogP contribution in [0.4, 0.5) is 5.82 Å². The van der Waals surface area contributed by atoms with Crippen molar-refractivity contribution >= 4 is 22.6 Å². The van der Waals surface area contributed by atoms with Crippen LogP contribution in [-0.4, -0.2) is 55.2 Å². The van der Waals surface area contributed by atoms with E-state index >= 15 is 0 Å². The Hall–Kier alpha value is -2.96. The Morgan fingerprint density at radius 1 is 0.938 bits per heavy atom. The van der Waals surface area contributed by atoms with Gasteiger partial charge in [0.15, 0.2) is 0 Å². The molecule has 3 aromatic rings. The molecule has 6 nitrogen and oxygen atoms in total. The van der Waals surface area contributed by atoms with Gasteiger partial charge >= 0.3 is 0 Å². The first-order valence-corrected chi connectivity index (χ1v) is 11.6. The van der Waals surface area contributed by atoms with E-state index in [2.05, 4.69) is 39.4 Å². The number of fused-ring (bicyclic) bond motifs is 1. The molecule has 5 rings (SSSR count). The van der Waals surface area contributed by atoms with E-state index in [1.807, 2.05) is 30.3 Å². The lowest BCUT2D eigenvalue weighted by molar-refractivity contribution is 0.0342. The molecule has 3 heterocycles. The predicted molar refractivity (Wildman–Crippen MR) is 127 cm³/mol. The first kappa shape index (κ1) is 20.9. The summed E-state index contributed by atoms with van der Waals surface area (Å²) in [6, 6.07) is 18.5. The van der Waals surface area contributed by atoms with Crippen molar-refractivity contribution in [3.8, 4) is 0 Å². The third-order valence-corrected chi connectivity index (χ3v) is 6.31. The zero-order valence-corrected chi connectivity index (χ0v) is 18.4.